The number of hydrogen-bond acceptors (Lipinski definition) is 5. The van der Waals surface area contributed by atoms with E-state index in [0.717, 1.165) is 51.4 Å². The van der Waals surface area contributed by atoms with Crippen molar-refractivity contribution in [2.45, 2.75) is 194 Å². The molecule has 6 nitrogen and oxygen atoms in total. The Hall–Kier alpha value is -2.89. The third-order valence-corrected chi connectivity index (χ3v) is 9.84. The highest BCUT2D eigenvalue weighted by Crippen LogP contribution is 2.13. The molecule has 0 fully saturated rings. The van der Waals surface area contributed by atoms with E-state index in [9.17, 15) is 14.4 Å². The van der Waals surface area contributed by atoms with E-state index in [1.165, 1.54) is 116 Å². The average molecular weight is 738 g/mol. The number of hydrogen-bond donors (Lipinski definition) is 0. The van der Waals surface area contributed by atoms with Gasteiger partial charge in [-0.15, -0.1) is 0 Å². The fourth-order valence-electron chi connectivity index (χ4n) is 6.44. The second kappa shape index (κ2) is 37.4. The molecule has 53 heavy (non-hydrogen) atoms. The highest BCUT2D eigenvalue weighted by molar-refractivity contribution is 5.94. The molecule has 0 aromatic heterocycles. The van der Waals surface area contributed by atoms with Crippen LogP contribution in [0.1, 0.15) is 204 Å². The van der Waals surface area contributed by atoms with Gasteiger partial charge in [0.2, 0.25) is 0 Å². The molecule has 0 spiro atoms. The molecular formula is C47H79NO5. The van der Waals surface area contributed by atoms with Crippen molar-refractivity contribution in [3.8, 4) is 0 Å². The Labute approximate surface area is 325 Å². The summed E-state index contributed by atoms with van der Waals surface area (Å²) in [6.45, 7) is 5.30. The number of benzene rings is 1. The smallest absolute Gasteiger partial charge is 0.305 e. The van der Waals surface area contributed by atoms with E-state index >= 15 is 0 Å². The van der Waals surface area contributed by atoms with Gasteiger partial charge < -0.3 is 14.4 Å². The number of amides is 1. The molecule has 0 N–H and O–H groups in total. The Morgan fingerprint density at radius 1 is 0.472 bits per heavy atom. The molecule has 1 rings (SSSR count). The quantitative estimate of drug-likeness (QED) is 0.0386. The summed E-state index contributed by atoms with van der Waals surface area (Å²) in [5, 5.41) is 0. The van der Waals surface area contributed by atoms with Crippen molar-refractivity contribution in [2.24, 2.45) is 0 Å². The van der Waals surface area contributed by atoms with E-state index in [1.807, 2.05) is 18.2 Å². The molecule has 0 unspecified atom stereocenters. The first-order valence-electron chi connectivity index (χ1n) is 22.0. The van der Waals surface area contributed by atoms with Gasteiger partial charge >= 0.3 is 11.9 Å². The van der Waals surface area contributed by atoms with Crippen LogP contribution in [0.4, 0.5) is 0 Å². The first-order chi connectivity index (χ1) is 26.1. The van der Waals surface area contributed by atoms with Gasteiger partial charge in [0.05, 0.1) is 13.1 Å². The van der Waals surface area contributed by atoms with Crippen LogP contribution in [0.15, 0.2) is 54.6 Å². The molecule has 1 aromatic rings. The summed E-state index contributed by atoms with van der Waals surface area (Å²) in [5.74, 6) is -0.602. The lowest BCUT2D eigenvalue weighted by Gasteiger charge is -2.22. The minimum absolute atomic E-state index is 0.130. The highest BCUT2D eigenvalue weighted by atomic mass is 16.5. The zero-order chi connectivity index (χ0) is 38.3. The molecule has 0 heterocycles. The first kappa shape index (κ1) is 48.1. The largest absolute Gasteiger partial charge is 0.464 e. The van der Waals surface area contributed by atoms with Crippen LogP contribution in [0, 0.1) is 0 Å². The standard InChI is InChI=1S/C47H79NO5/c1-3-5-7-9-11-13-15-17-19-21-23-25-27-29-34-38-45(49)52-42-40-48(47(51)44-36-32-31-33-37-44)41-43-53-46(50)39-35-30-28-26-24-22-20-18-16-14-12-10-8-6-4-2/h17-20,31-33,36-37H,3-16,21-30,34-35,38-43H2,1-2H3. The van der Waals surface area contributed by atoms with Crippen LogP contribution in [0.2, 0.25) is 0 Å². The fourth-order valence-corrected chi connectivity index (χ4v) is 6.44. The highest BCUT2D eigenvalue weighted by Gasteiger charge is 2.17. The second-order valence-corrected chi connectivity index (χ2v) is 14.8. The third kappa shape index (κ3) is 31.2. The molecule has 0 atom stereocenters. The summed E-state index contributed by atoms with van der Waals surface area (Å²) in [4.78, 5) is 39.6. The molecule has 302 valence electrons. The van der Waals surface area contributed by atoms with Gasteiger partial charge in [-0.3, -0.25) is 14.4 Å². The molecule has 0 aliphatic heterocycles. The maximum Gasteiger partial charge on any atom is 0.305 e. The number of unbranched alkanes of at least 4 members (excludes halogenated alkanes) is 22. The summed E-state index contributed by atoms with van der Waals surface area (Å²) < 4.78 is 11.0. The first-order valence-corrected chi connectivity index (χ1v) is 22.0. The van der Waals surface area contributed by atoms with Crippen molar-refractivity contribution in [1.29, 1.82) is 0 Å². The Morgan fingerprint density at radius 3 is 1.19 bits per heavy atom. The fraction of sp³-hybridized carbons (Fsp3) is 0.723. The van der Waals surface area contributed by atoms with Crippen LogP contribution in [0.5, 0.6) is 0 Å². The lowest BCUT2D eigenvalue weighted by Crippen LogP contribution is -2.37. The molecule has 0 aliphatic carbocycles. The van der Waals surface area contributed by atoms with E-state index < -0.39 is 0 Å². The average Bonchev–Trinajstić information content (AvgIpc) is 3.17. The minimum Gasteiger partial charge on any atom is -0.464 e. The predicted molar refractivity (Wildman–Crippen MR) is 223 cm³/mol. The summed E-state index contributed by atoms with van der Waals surface area (Å²) in [5.41, 5.74) is 0.562. The monoisotopic (exact) mass is 738 g/mol. The molecule has 0 saturated heterocycles. The van der Waals surface area contributed by atoms with Crippen LogP contribution in [-0.2, 0) is 19.1 Å². The lowest BCUT2D eigenvalue weighted by atomic mass is 10.1. The van der Waals surface area contributed by atoms with Crippen LogP contribution >= 0.6 is 0 Å². The maximum atomic E-state index is 13.2. The third-order valence-electron chi connectivity index (χ3n) is 9.84. The molecule has 0 radical (unpaired) electrons. The maximum absolute atomic E-state index is 13.2. The summed E-state index contributed by atoms with van der Waals surface area (Å²) in [6, 6.07) is 9.06. The van der Waals surface area contributed by atoms with Crippen LogP contribution in [0.3, 0.4) is 0 Å². The predicted octanol–water partition coefficient (Wildman–Crippen LogP) is 13.3. The van der Waals surface area contributed by atoms with Gasteiger partial charge in [-0.25, -0.2) is 0 Å². The molecule has 1 aromatic carbocycles. The summed E-state index contributed by atoms with van der Waals surface area (Å²) in [7, 11) is 0. The van der Waals surface area contributed by atoms with Gasteiger partial charge in [0.1, 0.15) is 13.2 Å². The molecule has 6 heteroatoms. The zero-order valence-electron chi connectivity index (χ0n) is 34.3. The number of ether oxygens (including phenoxy) is 2. The lowest BCUT2D eigenvalue weighted by molar-refractivity contribution is -0.144. The Morgan fingerprint density at radius 2 is 0.811 bits per heavy atom. The second-order valence-electron chi connectivity index (χ2n) is 14.8. The van der Waals surface area contributed by atoms with Crippen molar-refractivity contribution in [2.75, 3.05) is 26.3 Å². The number of nitrogens with zero attached hydrogens (tertiary/aromatic N) is 1. The van der Waals surface area contributed by atoms with Gasteiger partial charge in [0.25, 0.3) is 5.91 Å². The van der Waals surface area contributed by atoms with Crippen molar-refractivity contribution in [3.05, 3.63) is 60.2 Å². The Balaban J connectivity index is 2.16. The topological polar surface area (TPSA) is 72.9 Å². The van der Waals surface area contributed by atoms with Gasteiger partial charge in [0, 0.05) is 18.4 Å². The van der Waals surface area contributed by atoms with Gasteiger partial charge in [-0.2, -0.15) is 0 Å². The van der Waals surface area contributed by atoms with Crippen LogP contribution in [0.25, 0.3) is 0 Å². The van der Waals surface area contributed by atoms with E-state index in [1.54, 1.807) is 17.0 Å². The number of rotatable bonds is 37. The number of esters is 2. The van der Waals surface area contributed by atoms with Crippen LogP contribution < -0.4 is 0 Å². The SMILES string of the molecule is CCCCCCCCC=CCCCCCCCC(=O)OCCN(CCOC(=O)CCCCCCCC=CCCCCCCCC)C(=O)c1ccccc1. The summed E-state index contributed by atoms with van der Waals surface area (Å²) >= 11 is 0. The van der Waals surface area contributed by atoms with Gasteiger partial charge in [-0.05, 0) is 76.3 Å². The zero-order valence-corrected chi connectivity index (χ0v) is 34.3. The van der Waals surface area contributed by atoms with E-state index in [-0.39, 0.29) is 44.1 Å². The van der Waals surface area contributed by atoms with Gasteiger partial charge in [-0.1, -0.05) is 159 Å². The van der Waals surface area contributed by atoms with E-state index in [2.05, 4.69) is 38.2 Å². The Bertz CT molecular complexity index is 994. The number of carbonyl (C=O) groups is 3. The van der Waals surface area contributed by atoms with Crippen molar-refractivity contribution < 1.29 is 23.9 Å². The molecular weight excluding hydrogens is 659 g/mol. The normalized spacial score (nSPS) is 11.4. The van der Waals surface area contributed by atoms with Gasteiger partial charge in [0.15, 0.2) is 0 Å². The number of carbonyl (C=O) groups excluding carboxylic acids is 3. The van der Waals surface area contributed by atoms with Crippen molar-refractivity contribution >= 4 is 17.8 Å². The molecule has 0 saturated carbocycles. The van der Waals surface area contributed by atoms with Crippen LogP contribution in [-0.4, -0.2) is 49.0 Å². The summed E-state index contributed by atoms with van der Waals surface area (Å²) in [6.07, 6.45) is 41.8. The molecule has 0 bridgehead atoms. The Kier molecular flexibility index (Phi) is 34.0. The molecule has 0 aliphatic rings. The van der Waals surface area contributed by atoms with Crippen molar-refractivity contribution in [1.82, 2.24) is 4.90 Å². The van der Waals surface area contributed by atoms with E-state index in [0.29, 0.717) is 18.4 Å². The minimum atomic E-state index is -0.221. The molecule has 1 amide bonds. The van der Waals surface area contributed by atoms with E-state index in [4.69, 9.17) is 9.47 Å². The number of allylic oxidation sites excluding steroid dienone is 4. The van der Waals surface area contributed by atoms with Crippen molar-refractivity contribution in [3.63, 3.8) is 0 Å².